The van der Waals surface area contributed by atoms with Crippen molar-refractivity contribution in [3.63, 3.8) is 0 Å². The zero-order valence-corrected chi connectivity index (χ0v) is 25.3. The molecule has 10 heteroatoms. The van der Waals surface area contributed by atoms with Crippen LogP contribution in [0, 0.1) is 11.8 Å². The van der Waals surface area contributed by atoms with Gasteiger partial charge in [0.1, 0.15) is 18.8 Å². The lowest BCUT2D eigenvalue weighted by molar-refractivity contribution is -0.806. The Morgan fingerprint density at radius 1 is 0.952 bits per heavy atom. The minimum absolute atomic E-state index is 0.00470. The van der Waals surface area contributed by atoms with Crippen molar-refractivity contribution in [2.75, 3.05) is 19.6 Å². The number of benzene rings is 2. The molecule has 2 aromatic rings. The van der Waals surface area contributed by atoms with Gasteiger partial charge in [-0.1, -0.05) is 74.5 Å². The summed E-state index contributed by atoms with van der Waals surface area (Å²) in [6.45, 7) is 9.48. The molecule has 228 valence electrons. The van der Waals surface area contributed by atoms with Gasteiger partial charge in [0.05, 0.1) is 19.1 Å². The predicted molar refractivity (Wildman–Crippen MR) is 156 cm³/mol. The van der Waals surface area contributed by atoms with E-state index in [0.29, 0.717) is 13.0 Å². The maximum absolute atomic E-state index is 14.5. The Labute approximate surface area is 248 Å². The van der Waals surface area contributed by atoms with Gasteiger partial charge in [-0.15, -0.1) is 4.48 Å². The highest BCUT2D eigenvalue weighted by Gasteiger charge is 2.60. The molecule has 1 saturated heterocycles. The molecule has 1 heterocycles. The summed E-state index contributed by atoms with van der Waals surface area (Å²) in [7, 11) is 0. The number of carbonyl (C=O) groups is 4. The van der Waals surface area contributed by atoms with Gasteiger partial charge in [0.15, 0.2) is 0 Å². The quantitative estimate of drug-likeness (QED) is 0.229. The second-order valence-corrected chi connectivity index (χ2v) is 12.1. The van der Waals surface area contributed by atoms with Crippen molar-refractivity contribution < 1.29 is 38.0 Å². The second-order valence-electron chi connectivity index (χ2n) is 12.1. The fourth-order valence-electron chi connectivity index (χ4n) is 5.02. The first-order valence-corrected chi connectivity index (χ1v) is 14.4. The lowest BCUT2D eigenvalue weighted by Crippen LogP contribution is -2.74. The summed E-state index contributed by atoms with van der Waals surface area (Å²) in [4.78, 5) is 60.4. The third-order valence-corrected chi connectivity index (χ3v) is 6.92. The Morgan fingerprint density at radius 3 is 2.12 bits per heavy atom. The van der Waals surface area contributed by atoms with Gasteiger partial charge in [-0.25, -0.2) is 15.1 Å². The van der Waals surface area contributed by atoms with E-state index in [-0.39, 0.29) is 38.6 Å². The van der Waals surface area contributed by atoms with Gasteiger partial charge in [-0.3, -0.25) is 9.63 Å². The molecule has 0 bridgehead atoms. The Morgan fingerprint density at radius 2 is 1.55 bits per heavy atom. The number of nitrogens with zero attached hydrogens (tertiary/aromatic N) is 1. The molecule has 2 aromatic carbocycles. The number of carbonyl (C=O) groups excluding carboxylic acids is 4. The zero-order chi connectivity index (χ0) is 30.8. The summed E-state index contributed by atoms with van der Waals surface area (Å²) >= 11 is 0. The number of rotatable bonds is 11. The number of hydrogen-bond acceptors (Lipinski definition) is 8. The minimum atomic E-state index is -1.18. The highest BCUT2D eigenvalue weighted by Crippen LogP contribution is 2.31. The maximum atomic E-state index is 14.5. The number of ether oxygens (including phenoxy) is 2. The molecule has 1 aliphatic rings. The number of hydrogen-bond donors (Lipinski definition) is 2. The highest BCUT2D eigenvalue weighted by atomic mass is 16.6. The van der Waals surface area contributed by atoms with E-state index in [0.717, 1.165) is 11.1 Å². The van der Waals surface area contributed by atoms with Gasteiger partial charge in [0.2, 0.25) is 11.9 Å². The fraction of sp³-hybridized carbons (Fsp3) is 0.500. The van der Waals surface area contributed by atoms with Gasteiger partial charge in [0.25, 0.3) is 0 Å². The van der Waals surface area contributed by atoms with Crippen LogP contribution in [0.15, 0.2) is 60.7 Å². The van der Waals surface area contributed by atoms with Crippen molar-refractivity contribution in [3.8, 4) is 0 Å². The van der Waals surface area contributed by atoms with Crippen molar-refractivity contribution in [1.82, 2.24) is 10.8 Å². The number of piperazine rings is 1. The second kappa shape index (κ2) is 15.0. The predicted octanol–water partition coefficient (Wildman–Crippen LogP) is 4.28. The third kappa shape index (κ3) is 9.20. The normalized spacial score (nSPS) is 19.5. The van der Waals surface area contributed by atoms with Crippen LogP contribution in [-0.4, -0.2) is 59.6 Å². The topological polar surface area (TPSA) is 120 Å². The van der Waals surface area contributed by atoms with E-state index in [9.17, 15) is 19.2 Å². The number of esters is 1. The number of amides is 3. The van der Waals surface area contributed by atoms with Crippen LogP contribution in [0.5, 0.6) is 0 Å². The Balaban J connectivity index is 1.87. The van der Waals surface area contributed by atoms with Crippen molar-refractivity contribution in [1.29, 1.82) is 0 Å². The molecule has 1 aliphatic heterocycles. The van der Waals surface area contributed by atoms with Crippen LogP contribution in [0.25, 0.3) is 0 Å². The van der Waals surface area contributed by atoms with Gasteiger partial charge >= 0.3 is 18.0 Å². The van der Waals surface area contributed by atoms with E-state index in [1.165, 1.54) is 0 Å². The number of imide groups is 1. The molecule has 0 radical (unpaired) electrons. The number of hydroxylamine groups is 1. The van der Waals surface area contributed by atoms with E-state index in [1.54, 1.807) is 20.8 Å². The third-order valence-electron chi connectivity index (χ3n) is 6.92. The fourth-order valence-corrected chi connectivity index (χ4v) is 5.02. The lowest BCUT2D eigenvalue weighted by Gasteiger charge is -2.43. The maximum Gasteiger partial charge on any atom is 0.524 e. The molecule has 3 rings (SSSR count). The molecule has 3 amide bonds. The van der Waals surface area contributed by atoms with Crippen LogP contribution in [0.3, 0.4) is 0 Å². The Hall–Kier alpha value is -3.60. The summed E-state index contributed by atoms with van der Waals surface area (Å²) in [6.07, 6.45) is -0.717. The van der Waals surface area contributed by atoms with E-state index in [2.05, 4.69) is 10.8 Å². The van der Waals surface area contributed by atoms with Crippen molar-refractivity contribution in [3.05, 3.63) is 71.8 Å². The molecular formula is C32H44N3O7+. The van der Waals surface area contributed by atoms with Gasteiger partial charge in [0, 0.05) is 13.0 Å². The minimum Gasteiger partial charge on any atom is -0.456 e. The van der Waals surface area contributed by atoms with E-state index in [4.69, 9.17) is 14.3 Å². The van der Waals surface area contributed by atoms with E-state index < -0.39 is 45.9 Å². The first kappa shape index (κ1) is 32.9. The molecule has 3 atom stereocenters. The molecule has 2 N–H and O–H groups in total. The molecule has 0 spiro atoms. The first-order valence-electron chi connectivity index (χ1n) is 14.4. The zero-order valence-electron chi connectivity index (χ0n) is 25.3. The van der Waals surface area contributed by atoms with Crippen LogP contribution in [0.2, 0.25) is 0 Å². The SMILES string of the molecule is CC(C)C[C@H](CC(=O)NOCc1ccccc1)C(=O)[N@+]1(C(=O)OC(C)(C)C)CCNCC1C(=O)OCc1ccccc1. The molecule has 1 fully saturated rings. The summed E-state index contributed by atoms with van der Waals surface area (Å²) in [6, 6.07) is 17.3. The van der Waals surface area contributed by atoms with E-state index >= 15 is 0 Å². The van der Waals surface area contributed by atoms with Crippen LogP contribution in [0.4, 0.5) is 4.79 Å². The molecule has 10 nitrogen and oxygen atoms in total. The summed E-state index contributed by atoms with van der Waals surface area (Å²) in [5, 5.41) is 3.13. The molecule has 0 aliphatic carbocycles. The standard InChI is InChI=1S/C32H43N3O7/c1-23(2)18-26(19-28(36)34-41-22-25-14-10-7-11-15-25)29(37)35(31(39)42-32(3,4)5)17-16-33-20-27(35)30(38)40-21-24-12-8-6-9-13-24/h6-15,23,26-27,33H,16-22H2,1-5H3/p+1/t26-,27?,35+/m1/s1. The summed E-state index contributed by atoms with van der Waals surface area (Å²) in [5.41, 5.74) is 3.17. The molecule has 0 aromatic heterocycles. The van der Waals surface area contributed by atoms with Crippen LogP contribution < -0.4 is 10.8 Å². The van der Waals surface area contributed by atoms with Crippen molar-refractivity contribution >= 4 is 23.9 Å². The smallest absolute Gasteiger partial charge is 0.456 e. The average Bonchev–Trinajstić information content (AvgIpc) is 2.95. The molecule has 1 unspecified atom stereocenters. The Kier molecular flexibility index (Phi) is 11.8. The van der Waals surface area contributed by atoms with Crippen molar-refractivity contribution in [2.45, 2.75) is 72.3 Å². The summed E-state index contributed by atoms with van der Waals surface area (Å²) in [5.74, 6) is -2.57. The highest BCUT2D eigenvalue weighted by molar-refractivity contribution is 5.90. The van der Waals surface area contributed by atoms with Crippen LogP contribution in [0.1, 0.15) is 58.6 Å². The van der Waals surface area contributed by atoms with Crippen LogP contribution in [-0.2, 0) is 41.9 Å². The van der Waals surface area contributed by atoms with Gasteiger partial charge in [-0.05, 0) is 44.2 Å². The van der Waals surface area contributed by atoms with Crippen LogP contribution >= 0.6 is 0 Å². The first-order chi connectivity index (χ1) is 19.9. The average molecular weight is 583 g/mol. The Bertz CT molecular complexity index is 1200. The van der Waals surface area contributed by atoms with Gasteiger partial charge in [-0.2, -0.15) is 4.79 Å². The molecule has 42 heavy (non-hydrogen) atoms. The molecule has 0 saturated carbocycles. The molecular weight excluding hydrogens is 538 g/mol. The lowest BCUT2D eigenvalue weighted by atomic mass is 9.90. The largest absolute Gasteiger partial charge is 0.524 e. The number of quaternary nitrogens is 1. The van der Waals surface area contributed by atoms with Crippen molar-refractivity contribution in [2.24, 2.45) is 11.8 Å². The number of nitrogens with one attached hydrogen (secondary N) is 2. The summed E-state index contributed by atoms with van der Waals surface area (Å²) < 4.78 is 10.5. The van der Waals surface area contributed by atoms with Gasteiger partial charge < -0.3 is 14.8 Å². The monoisotopic (exact) mass is 582 g/mol. The van der Waals surface area contributed by atoms with E-state index in [1.807, 2.05) is 74.5 Å².